The molecule has 0 saturated carbocycles. The Morgan fingerprint density at radius 2 is 1.86 bits per heavy atom. The highest BCUT2D eigenvalue weighted by molar-refractivity contribution is 5.62. The SMILES string of the molecule is CCCNc1ncc(C)c(Nc2ccc(N(C)C)cc2)n1. The molecule has 1 aromatic carbocycles. The van der Waals surface area contributed by atoms with Gasteiger partial charge in [-0.1, -0.05) is 6.92 Å². The van der Waals surface area contributed by atoms with E-state index in [2.05, 4.69) is 56.7 Å². The van der Waals surface area contributed by atoms with Gasteiger partial charge < -0.3 is 15.5 Å². The van der Waals surface area contributed by atoms with Crippen LogP contribution in [0.1, 0.15) is 18.9 Å². The summed E-state index contributed by atoms with van der Waals surface area (Å²) in [6.07, 6.45) is 2.88. The van der Waals surface area contributed by atoms with Crippen LogP contribution in [0.2, 0.25) is 0 Å². The number of hydrogen-bond donors (Lipinski definition) is 2. The molecule has 0 fully saturated rings. The summed E-state index contributed by atoms with van der Waals surface area (Å²) in [6, 6.07) is 8.26. The summed E-state index contributed by atoms with van der Waals surface area (Å²) >= 11 is 0. The number of nitrogens with zero attached hydrogens (tertiary/aromatic N) is 3. The largest absolute Gasteiger partial charge is 0.378 e. The zero-order valence-corrected chi connectivity index (χ0v) is 13.1. The summed E-state index contributed by atoms with van der Waals surface area (Å²) in [7, 11) is 4.06. The van der Waals surface area contributed by atoms with Gasteiger partial charge in [0.1, 0.15) is 5.82 Å². The molecule has 5 heteroatoms. The van der Waals surface area contributed by atoms with Crippen LogP contribution in [0.3, 0.4) is 0 Å². The average molecular weight is 285 g/mol. The third-order valence-electron chi connectivity index (χ3n) is 3.15. The van der Waals surface area contributed by atoms with E-state index in [9.17, 15) is 0 Å². The average Bonchev–Trinajstić information content (AvgIpc) is 2.48. The lowest BCUT2D eigenvalue weighted by Crippen LogP contribution is -2.08. The molecular formula is C16H23N5. The molecule has 0 bridgehead atoms. The molecule has 21 heavy (non-hydrogen) atoms. The standard InChI is InChI=1S/C16H23N5/c1-5-10-17-16-18-11-12(2)15(20-16)19-13-6-8-14(9-7-13)21(3)4/h6-9,11H,5,10H2,1-4H3,(H2,17,18,19,20). The summed E-state index contributed by atoms with van der Waals surface area (Å²) in [4.78, 5) is 10.9. The van der Waals surface area contributed by atoms with Gasteiger partial charge in [0.15, 0.2) is 0 Å². The van der Waals surface area contributed by atoms with E-state index < -0.39 is 0 Å². The second-order valence-corrected chi connectivity index (χ2v) is 5.22. The highest BCUT2D eigenvalue weighted by atomic mass is 15.1. The maximum atomic E-state index is 4.52. The minimum atomic E-state index is 0.662. The van der Waals surface area contributed by atoms with Crippen LogP contribution in [-0.4, -0.2) is 30.6 Å². The number of benzene rings is 1. The van der Waals surface area contributed by atoms with E-state index in [4.69, 9.17) is 0 Å². The van der Waals surface area contributed by atoms with E-state index in [0.717, 1.165) is 30.0 Å². The third-order valence-corrected chi connectivity index (χ3v) is 3.15. The quantitative estimate of drug-likeness (QED) is 0.851. The van der Waals surface area contributed by atoms with Crippen LogP contribution >= 0.6 is 0 Å². The Kier molecular flexibility index (Phi) is 4.98. The van der Waals surface area contributed by atoms with Crippen LogP contribution in [-0.2, 0) is 0 Å². The zero-order chi connectivity index (χ0) is 15.2. The lowest BCUT2D eigenvalue weighted by molar-refractivity contribution is 0.950. The zero-order valence-electron chi connectivity index (χ0n) is 13.1. The smallest absolute Gasteiger partial charge is 0.224 e. The number of anilines is 4. The van der Waals surface area contributed by atoms with Crippen molar-refractivity contribution in [3.05, 3.63) is 36.0 Å². The highest BCUT2D eigenvalue weighted by Gasteiger charge is 2.04. The van der Waals surface area contributed by atoms with Crippen LogP contribution < -0.4 is 15.5 Å². The van der Waals surface area contributed by atoms with Crippen molar-refractivity contribution in [1.82, 2.24) is 9.97 Å². The normalized spacial score (nSPS) is 10.3. The molecule has 0 aliphatic rings. The molecule has 0 saturated heterocycles. The van der Waals surface area contributed by atoms with E-state index in [1.165, 1.54) is 5.69 Å². The van der Waals surface area contributed by atoms with Gasteiger partial charge in [0, 0.05) is 43.8 Å². The van der Waals surface area contributed by atoms with E-state index in [-0.39, 0.29) is 0 Å². The molecule has 0 atom stereocenters. The second kappa shape index (κ2) is 6.92. The van der Waals surface area contributed by atoms with E-state index >= 15 is 0 Å². The van der Waals surface area contributed by atoms with Crippen molar-refractivity contribution in [1.29, 1.82) is 0 Å². The Balaban J connectivity index is 2.14. The van der Waals surface area contributed by atoms with Crippen molar-refractivity contribution in [2.75, 3.05) is 36.2 Å². The lowest BCUT2D eigenvalue weighted by atomic mass is 10.2. The van der Waals surface area contributed by atoms with Gasteiger partial charge in [-0.15, -0.1) is 0 Å². The summed E-state index contributed by atoms with van der Waals surface area (Å²) in [5.74, 6) is 1.50. The minimum absolute atomic E-state index is 0.662. The fourth-order valence-corrected chi connectivity index (χ4v) is 1.87. The number of nitrogens with one attached hydrogen (secondary N) is 2. The molecule has 112 valence electrons. The van der Waals surface area contributed by atoms with Crippen LogP contribution in [0.5, 0.6) is 0 Å². The molecule has 2 N–H and O–H groups in total. The second-order valence-electron chi connectivity index (χ2n) is 5.22. The van der Waals surface area contributed by atoms with Crippen molar-refractivity contribution in [3.63, 3.8) is 0 Å². The van der Waals surface area contributed by atoms with Gasteiger partial charge in [0.25, 0.3) is 0 Å². The van der Waals surface area contributed by atoms with Gasteiger partial charge in [0.05, 0.1) is 0 Å². The van der Waals surface area contributed by atoms with Crippen molar-refractivity contribution < 1.29 is 0 Å². The van der Waals surface area contributed by atoms with Crippen LogP contribution in [0.4, 0.5) is 23.1 Å². The number of rotatable bonds is 6. The molecule has 0 aliphatic heterocycles. The third kappa shape index (κ3) is 4.08. The highest BCUT2D eigenvalue weighted by Crippen LogP contribution is 2.21. The predicted molar refractivity (Wildman–Crippen MR) is 89.6 cm³/mol. The predicted octanol–water partition coefficient (Wildman–Crippen LogP) is 3.42. The van der Waals surface area contributed by atoms with Gasteiger partial charge >= 0.3 is 0 Å². The summed E-state index contributed by atoms with van der Waals surface area (Å²) in [6.45, 7) is 4.99. The molecule has 2 rings (SSSR count). The number of aromatic nitrogens is 2. The first-order valence-electron chi connectivity index (χ1n) is 7.22. The van der Waals surface area contributed by atoms with Gasteiger partial charge in [0.2, 0.25) is 5.95 Å². The van der Waals surface area contributed by atoms with E-state index in [1.807, 2.05) is 27.2 Å². The first kappa shape index (κ1) is 15.1. The van der Waals surface area contributed by atoms with Gasteiger partial charge in [-0.05, 0) is 37.6 Å². The maximum Gasteiger partial charge on any atom is 0.224 e. The first-order valence-corrected chi connectivity index (χ1v) is 7.22. The van der Waals surface area contributed by atoms with Crippen molar-refractivity contribution >= 4 is 23.1 Å². The Bertz CT molecular complexity index is 578. The van der Waals surface area contributed by atoms with Gasteiger partial charge in [-0.25, -0.2) is 4.98 Å². The molecule has 0 spiro atoms. The molecule has 1 aromatic heterocycles. The molecule has 1 heterocycles. The van der Waals surface area contributed by atoms with E-state index in [0.29, 0.717) is 5.95 Å². The van der Waals surface area contributed by atoms with Crippen molar-refractivity contribution in [2.45, 2.75) is 20.3 Å². The van der Waals surface area contributed by atoms with E-state index in [1.54, 1.807) is 0 Å². The molecule has 0 amide bonds. The Morgan fingerprint density at radius 3 is 2.48 bits per heavy atom. The Morgan fingerprint density at radius 1 is 1.14 bits per heavy atom. The molecule has 5 nitrogen and oxygen atoms in total. The first-order chi connectivity index (χ1) is 10.1. The van der Waals surface area contributed by atoms with Crippen molar-refractivity contribution in [2.24, 2.45) is 0 Å². The van der Waals surface area contributed by atoms with Crippen molar-refractivity contribution in [3.8, 4) is 0 Å². The van der Waals surface area contributed by atoms with Crippen LogP contribution in [0.15, 0.2) is 30.5 Å². The maximum absolute atomic E-state index is 4.52. The molecular weight excluding hydrogens is 262 g/mol. The number of hydrogen-bond acceptors (Lipinski definition) is 5. The van der Waals surface area contributed by atoms with Crippen LogP contribution in [0.25, 0.3) is 0 Å². The summed E-state index contributed by atoms with van der Waals surface area (Å²) in [5, 5.41) is 6.55. The Labute approximate surface area is 126 Å². The monoisotopic (exact) mass is 285 g/mol. The molecule has 0 radical (unpaired) electrons. The fraction of sp³-hybridized carbons (Fsp3) is 0.375. The van der Waals surface area contributed by atoms with Gasteiger partial charge in [-0.3, -0.25) is 0 Å². The fourth-order valence-electron chi connectivity index (χ4n) is 1.87. The number of aryl methyl sites for hydroxylation is 1. The topological polar surface area (TPSA) is 53.1 Å². The molecule has 0 aliphatic carbocycles. The van der Waals surface area contributed by atoms with Crippen LogP contribution in [0, 0.1) is 6.92 Å². The minimum Gasteiger partial charge on any atom is -0.378 e. The summed E-state index contributed by atoms with van der Waals surface area (Å²) < 4.78 is 0. The lowest BCUT2D eigenvalue weighted by Gasteiger charge is -2.14. The van der Waals surface area contributed by atoms with Gasteiger partial charge in [-0.2, -0.15) is 4.98 Å². The summed E-state index contributed by atoms with van der Waals surface area (Å²) in [5.41, 5.74) is 3.21. The molecule has 2 aromatic rings. The Hall–Kier alpha value is -2.30. The molecule has 0 unspecified atom stereocenters.